The zero-order chi connectivity index (χ0) is 25.7. The molecule has 1 heterocycles. The zero-order valence-electron chi connectivity index (χ0n) is 21.3. The van der Waals surface area contributed by atoms with Gasteiger partial charge in [-0.25, -0.2) is 9.59 Å². The van der Waals surface area contributed by atoms with Gasteiger partial charge < -0.3 is 32.8 Å². The first-order valence-corrected chi connectivity index (χ1v) is 11.0. The molecule has 2 rings (SSSR count). The van der Waals surface area contributed by atoms with E-state index in [2.05, 4.69) is 0 Å². The van der Waals surface area contributed by atoms with Gasteiger partial charge in [0, 0.05) is 18.7 Å². The normalized spacial score (nSPS) is 10.7. The van der Waals surface area contributed by atoms with Gasteiger partial charge in [0.25, 0.3) is 0 Å². The highest BCUT2D eigenvalue weighted by atomic mass is 16.6. The van der Waals surface area contributed by atoms with Crippen molar-refractivity contribution in [1.82, 2.24) is 0 Å². The molecule has 190 valence electrons. The van der Waals surface area contributed by atoms with Crippen molar-refractivity contribution in [2.24, 2.45) is 0 Å². The van der Waals surface area contributed by atoms with Crippen molar-refractivity contribution in [3.05, 3.63) is 40.4 Å². The minimum Gasteiger partial charge on any atom is -0.496 e. The second-order valence-electron chi connectivity index (χ2n) is 7.62. The van der Waals surface area contributed by atoms with Crippen molar-refractivity contribution in [3.8, 4) is 28.4 Å². The Kier molecular flexibility index (Phi) is 12.2. The van der Waals surface area contributed by atoms with Gasteiger partial charge in [-0.3, -0.25) is 0 Å². The van der Waals surface area contributed by atoms with Crippen molar-refractivity contribution < 1.29 is 37.6 Å². The first kappa shape index (κ1) is 29.0. The van der Waals surface area contributed by atoms with Crippen molar-refractivity contribution in [1.29, 1.82) is 0 Å². The molecule has 0 radical (unpaired) electrons. The Balaban J connectivity index is 0.00000281. The van der Waals surface area contributed by atoms with E-state index < -0.39 is 11.6 Å². The smallest absolute Gasteiger partial charge is 0.379 e. The van der Waals surface area contributed by atoms with Crippen LogP contribution in [-0.2, 0) is 14.2 Å². The summed E-state index contributed by atoms with van der Waals surface area (Å²) in [5.41, 5.74) is -0.457. The molecule has 0 N–H and O–H groups in total. The molecular weight excluding hydrogens is 444 g/mol. The lowest BCUT2D eigenvalue weighted by Crippen LogP contribution is -2.22. The van der Waals surface area contributed by atoms with E-state index in [1.165, 1.54) is 27.4 Å². The number of methoxy groups -OCH3 is 3. The highest BCUT2D eigenvalue weighted by Gasteiger charge is 2.24. The highest BCUT2D eigenvalue weighted by molar-refractivity contribution is 5.90. The summed E-state index contributed by atoms with van der Waals surface area (Å²) in [6.45, 7) is 10.8. The number of rotatable bonds is 11. The van der Waals surface area contributed by atoms with E-state index in [-0.39, 0.29) is 42.5 Å². The molecule has 0 amide bonds. The molecule has 0 fully saturated rings. The number of hydrogen-bond donors (Lipinski definition) is 0. The Morgan fingerprint density at radius 2 is 1.59 bits per heavy atom. The van der Waals surface area contributed by atoms with Crippen molar-refractivity contribution >= 4 is 5.97 Å². The molecule has 0 aliphatic carbocycles. The third kappa shape index (κ3) is 8.39. The molecule has 9 nitrogen and oxygen atoms in total. The van der Waals surface area contributed by atoms with Gasteiger partial charge in [-0.1, -0.05) is 19.9 Å². The number of benzene rings is 1. The first-order valence-electron chi connectivity index (χ1n) is 11.0. The first-order chi connectivity index (χ1) is 16.2. The second-order valence-corrected chi connectivity index (χ2v) is 7.62. The molecule has 0 atom stereocenters. The van der Waals surface area contributed by atoms with E-state index in [1.54, 1.807) is 18.2 Å². The molecule has 0 saturated carbocycles. The molecule has 9 heteroatoms. The van der Waals surface area contributed by atoms with Gasteiger partial charge in [0.1, 0.15) is 24.7 Å². The van der Waals surface area contributed by atoms with Crippen molar-refractivity contribution in [2.45, 2.75) is 40.2 Å². The lowest BCUT2D eigenvalue weighted by atomic mass is 10.0. The quantitative estimate of drug-likeness (QED) is 0.343. The Labute approximate surface area is 200 Å². The Morgan fingerprint density at radius 1 is 0.941 bits per heavy atom. The number of ether oxygens (including phenoxy) is 6. The van der Waals surface area contributed by atoms with Gasteiger partial charge in [0.05, 0.1) is 38.6 Å². The van der Waals surface area contributed by atoms with E-state index in [0.29, 0.717) is 23.7 Å². The van der Waals surface area contributed by atoms with Crippen LogP contribution in [0.1, 0.15) is 45.2 Å². The van der Waals surface area contributed by atoms with E-state index in [0.717, 1.165) is 0 Å². The van der Waals surface area contributed by atoms with Gasteiger partial charge in [0.15, 0.2) is 0 Å². The van der Waals surface area contributed by atoms with Gasteiger partial charge in [0.2, 0.25) is 11.5 Å². The van der Waals surface area contributed by atoms with Crippen molar-refractivity contribution in [2.75, 3.05) is 47.8 Å². The summed E-state index contributed by atoms with van der Waals surface area (Å²) < 4.78 is 37.6. The third-order valence-corrected chi connectivity index (χ3v) is 4.18. The maximum absolute atomic E-state index is 12.7. The molecule has 0 aliphatic heterocycles. The van der Waals surface area contributed by atoms with Crippen LogP contribution in [0.5, 0.6) is 17.2 Å². The molecule has 0 aliphatic rings. The maximum atomic E-state index is 12.7. The van der Waals surface area contributed by atoms with Crippen LogP contribution in [0, 0.1) is 0 Å². The highest BCUT2D eigenvalue weighted by Crippen LogP contribution is 2.42. The number of carbonyl (C=O) groups excluding carboxylic acids is 1. The predicted molar refractivity (Wildman–Crippen MR) is 128 cm³/mol. The minimum absolute atomic E-state index is 0.0938. The molecule has 0 saturated heterocycles. The van der Waals surface area contributed by atoms with Crippen LogP contribution in [0.2, 0.25) is 0 Å². The molecule has 0 bridgehead atoms. The van der Waals surface area contributed by atoms with Crippen molar-refractivity contribution in [3.63, 3.8) is 0 Å². The molecule has 1 aromatic carbocycles. The van der Waals surface area contributed by atoms with Crippen LogP contribution in [0.3, 0.4) is 0 Å². The largest absolute Gasteiger partial charge is 0.496 e. The lowest BCUT2D eigenvalue weighted by Gasteiger charge is -2.21. The molecule has 0 unspecified atom stereocenters. The summed E-state index contributed by atoms with van der Waals surface area (Å²) in [6.07, 6.45) is 0. The van der Waals surface area contributed by atoms with Crippen LogP contribution in [0.25, 0.3) is 11.1 Å². The fraction of sp³-hybridized carbons (Fsp3) is 0.520. The van der Waals surface area contributed by atoms with E-state index in [4.69, 9.17) is 32.8 Å². The fourth-order valence-corrected chi connectivity index (χ4v) is 2.80. The number of esters is 1. The minimum atomic E-state index is -0.841. The summed E-state index contributed by atoms with van der Waals surface area (Å²) in [5, 5.41) is 0. The molecule has 1 aromatic heterocycles. The van der Waals surface area contributed by atoms with Crippen LogP contribution in [0.15, 0.2) is 33.5 Å². The van der Waals surface area contributed by atoms with Gasteiger partial charge in [-0.2, -0.15) is 0 Å². The zero-order valence-corrected chi connectivity index (χ0v) is 21.3. The molecule has 34 heavy (non-hydrogen) atoms. The van der Waals surface area contributed by atoms with Crippen LogP contribution < -0.4 is 19.8 Å². The predicted octanol–water partition coefficient (Wildman–Crippen LogP) is 4.35. The van der Waals surface area contributed by atoms with Crippen LogP contribution >= 0.6 is 0 Å². The van der Waals surface area contributed by atoms with E-state index >= 15 is 0 Å². The van der Waals surface area contributed by atoms with Gasteiger partial charge in [-0.15, -0.1) is 0 Å². The standard InChI is InChI=1S/C23H30O9.C2H6/c1-23(2,3)31-13-12-29-17-9-7-8-16(27-5)19(17)15-14-18(21(24)28-6)32-22(25)20(15)30-11-10-26-4;1-2/h7-9,14H,10-13H2,1-6H3;1-2H3. The number of carbonyl (C=O) groups is 1. The Morgan fingerprint density at radius 3 is 2.18 bits per heavy atom. The SMILES string of the molecule is CC.COCCOc1c(-c2c(OC)cccc2OCCOC(C)(C)C)cc(C(=O)OC)oc1=O. The van der Waals surface area contributed by atoms with E-state index in [1.807, 2.05) is 34.6 Å². The molecule has 0 spiro atoms. The monoisotopic (exact) mass is 480 g/mol. The molecular formula is C25H36O9. The third-order valence-electron chi connectivity index (χ3n) is 4.18. The summed E-state index contributed by atoms with van der Waals surface area (Å²) in [4.78, 5) is 24.8. The summed E-state index contributed by atoms with van der Waals surface area (Å²) in [7, 11) is 4.19. The molecule has 2 aromatic rings. The maximum Gasteiger partial charge on any atom is 0.379 e. The summed E-state index contributed by atoms with van der Waals surface area (Å²) in [5.74, 6) is -0.352. The average molecular weight is 481 g/mol. The topological polar surface area (TPSA) is 103 Å². The number of hydrogen-bond acceptors (Lipinski definition) is 9. The van der Waals surface area contributed by atoms with Crippen LogP contribution in [0.4, 0.5) is 0 Å². The van der Waals surface area contributed by atoms with Crippen LogP contribution in [-0.4, -0.2) is 59.3 Å². The average Bonchev–Trinajstić information content (AvgIpc) is 2.82. The van der Waals surface area contributed by atoms with Gasteiger partial charge in [-0.05, 0) is 32.9 Å². The summed E-state index contributed by atoms with van der Waals surface area (Å²) >= 11 is 0. The van der Waals surface area contributed by atoms with Gasteiger partial charge >= 0.3 is 11.6 Å². The van der Waals surface area contributed by atoms with E-state index in [9.17, 15) is 9.59 Å². The lowest BCUT2D eigenvalue weighted by molar-refractivity contribution is -0.0162. The Hall–Kier alpha value is -3.04. The Bertz CT molecular complexity index is 958. The summed E-state index contributed by atoms with van der Waals surface area (Å²) in [6, 6.07) is 6.55. The fourth-order valence-electron chi connectivity index (χ4n) is 2.80. The second kappa shape index (κ2) is 14.3.